The van der Waals surface area contributed by atoms with Crippen molar-refractivity contribution in [3.63, 3.8) is 0 Å². The van der Waals surface area contributed by atoms with Gasteiger partial charge in [0.2, 0.25) is 5.95 Å². The first-order valence-electron chi connectivity index (χ1n) is 14.0. The van der Waals surface area contributed by atoms with Gasteiger partial charge in [-0.15, -0.1) is 0 Å². The van der Waals surface area contributed by atoms with Gasteiger partial charge in [-0.2, -0.15) is 0 Å². The molecule has 2 aliphatic carbocycles. The Morgan fingerprint density at radius 2 is 1.90 bits per heavy atom. The number of benzene rings is 2. The van der Waals surface area contributed by atoms with E-state index in [0.717, 1.165) is 74.6 Å². The first kappa shape index (κ1) is 24.3. The Kier molecular flexibility index (Phi) is 5.73. The standard InChI is InChI=1S/C30H33FN6O2/c1-18(2)36-11-13-37(14-12-36)20-4-8-26(39-21-5-6-21)25(16-20)33-29-32-17-24(31)27(34-29)19-3-7-23-22(15-19)28(38)35-30(23)9-10-30/h3-4,7-8,15-18,21H,5-6,9-14H2,1-2H3,(H,35,38)(H,32,33,34). The predicted molar refractivity (Wildman–Crippen MR) is 148 cm³/mol. The molecular formula is C30H33FN6O2. The van der Waals surface area contributed by atoms with Crippen LogP contribution >= 0.6 is 0 Å². The molecular weight excluding hydrogens is 495 g/mol. The van der Waals surface area contributed by atoms with Crippen molar-refractivity contribution >= 4 is 23.2 Å². The maximum atomic E-state index is 15.0. The summed E-state index contributed by atoms with van der Waals surface area (Å²) in [6, 6.07) is 12.2. The summed E-state index contributed by atoms with van der Waals surface area (Å²) in [6.45, 7) is 8.41. The predicted octanol–water partition coefficient (Wildman–Crippen LogP) is 4.83. The van der Waals surface area contributed by atoms with Crippen molar-refractivity contribution < 1.29 is 13.9 Å². The number of anilines is 3. The zero-order valence-electron chi connectivity index (χ0n) is 22.3. The van der Waals surface area contributed by atoms with Crippen molar-refractivity contribution in [1.82, 2.24) is 20.2 Å². The molecule has 202 valence electrons. The lowest BCUT2D eigenvalue weighted by atomic mass is 9.99. The number of fused-ring (bicyclic) bond motifs is 2. The van der Waals surface area contributed by atoms with Gasteiger partial charge in [-0.05, 0) is 69.4 Å². The molecule has 3 aromatic rings. The van der Waals surface area contributed by atoms with E-state index in [-0.39, 0.29) is 29.2 Å². The van der Waals surface area contributed by atoms with Crippen LogP contribution in [0.1, 0.15) is 55.5 Å². The van der Waals surface area contributed by atoms with Gasteiger partial charge in [0.25, 0.3) is 5.91 Å². The van der Waals surface area contributed by atoms with Crippen LogP contribution in [-0.2, 0) is 5.54 Å². The monoisotopic (exact) mass is 528 g/mol. The van der Waals surface area contributed by atoms with Gasteiger partial charge >= 0.3 is 0 Å². The zero-order chi connectivity index (χ0) is 26.7. The fraction of sp³-hybridized carbons (Fsp3) is 0.433. The Morgan fingerprint density at radius 1 is 1.10 bits per heavy atom. The average molecular weight is 529 g/mol. The average Bonchev–Trinajstić information content (AvgIpc) is 3.87. The molecule has 2 aliphatic heterocycles. The van der Waals surface area contributed by atoms with Crippen LogP contribution in [0.3, 0.4) is 0 Å². The van der Waals surface area contributed by atoms with Crippen LogP contribution in [0.2, 0.25) is 0 Å². The summed E-state index contributed by atoms with van der Waals surface area (Å²) in [5.41, 5.74) is 3.95. The largest absolute Gasteiger partial charge is 0.488 e. The number of aromatic nitrogens is 2. The van der Waals surface area contributed by atoms with Crippen molar-refractivity contribution in [1.29, 1.82) is 0 Å². The van der Waals surface area contributed by atoms with E-state index in [2.05, 4.69) is 56.4 Å². The summed E-state index contributed by atoms with van der Waals surface area (Å²) >= 11 is 0. The van der Waals surface area contributed by atoms with Crippen LogP contribution in [0.4, 0.5) is 21.7 Å². The summed E-state index contributed by atoms with van der Waals surface area (Å²) in [5.74, 6) is 0.370. The van der Waals surface area contributed by atoms with E-state index in [9.17, 15) is 9.18 Å². The van der Waals surface area contributed by atoms with Crippen LogP contribution in [0.5, 0.6) is 5.75 Å². The Labute approximate surface area is 227 Å². The maximum Gasteiger partial charge on any atom is 0.252 e. The second-order valence-electron chi connectivity index (χ2n) is 11.4. The van der Waals surface area contributed by atoms with E-state index in [1.165, 1.54) is 6.20 Å². The number of hydrogen-bond donors (Lipinski definition) is 2. The molecule has 4 aliphatic rings. The molecule has 2 saturated carbocycles. The molecule has 2 N–H and O–H groups in total. The van der Waals surface area contributed by atoms with E-state index in [4.69, 9.17) is 4.74 Å². The molecule has 2 aromatic carbocycles. The minimum Gasteiger partial charge on any atom is -0.488 e. The number of carbonyl (C=O) groups is 1. The highest BCUT2D eigenvalue weighted by molar-refractivity contribution is 6.01. The molecule has 39 heavy (non-hydrogen) atoms. The number of hydrogen-bond acceptors (Lipinski definition) is 7. The minimum absolute atomic E-state index is 0.106. The molecule has 0 atom stereocenters. The van der Waals surface area contributed by atoms with E-state index in [0.29, 0.717) is 17.2 Å². The summed E-state index contributed by atoms with van der Waals surface area (Å²) in [6.07, 6.45) is 5.38. The lowest BCUT2D eigenvalue weighted by molar-refractivity contribution is 0.0952. The third-order valence-corrected chi connectivity index (χ3v) is 8.34. The van der Waals surface area contributed by atoms with Crippen LogP contribution in [0.25, 0.3) is 11.3 Å². The van der Waals surface area contributed by atoms with Gasteiger partial charge in [0.1, 0.15) is 11.4 Å². The molecule has 7 rings (SSSR count). The van der Waals surface area contributed by atoms with E-state index >= 15 is 0 Å². The second kappa shape index (κ2) is 9.19. The lowest BCUT2D eigenvalue weighted by Gasteiger charge is -2.38. The molecule has 3 fully saturated rings. The van der Waals surface area contributed by atoms with Crippen LogP contribution < -0.4 is 20.3 Å². The summed E-state index contributed by atoms with van der Waals surface area (Å²) in [4.78, 5) is 26.2. The van der Waals surface area contributed by atoms with E-state index in [1.54, 1.807) is 6.07 Å². The maximum absolute atomic E-state index is 15.0. The number of ether oxygens (including phenoxy) is 1. The quantitative estimate of drug-likeness (QED) is 0.455. The number of halogens is 1. The van der Waals surface area contributed by atoms with Crippen molar-refractivity contribution in [3.05, 3.63) is 59.5 Å². The lowest BCUT2D eigenvalue weighted by Crippen LogP contribution is -2.48. The SMILES string of the molecule is CC(C)N1CCN(c2ccc(OC3CC3)c(Nc3ncc(F)c(-c4ccc5c(c4)C(=O)NC54CC4)n3)c2)CC1. The first-order chi connectivity index (χ1) is 18.9. The third-order valence-electron chi connectivity index (χ3n) is 8.34. The number of rotatable bonds is 7. The molecule has 9 heteroatoms. The van der Waals surface area contributed by atoms with E-state index in [1.807, 2.05) is 18.2 Å². The Bertz CT molecular complexity index is 1440. The van der Waals surface area contributed by atoms with Gasteiger partial charge in [-0.1, -0.05) is 12.1 Å². The van der Waals surface area contributed by atoms with Crippen molar-refractivity contribution in [2.45, 2.75) is 57.2 Å². The normalized spacial score (nSPS) is 19.8. The van der Waals surface area contributed by atoms with Crippen molar-refractivity contribution in [2.75, 3.05) is 36.4 Å². The summed E-state index contributed by atoms with van der Waals surface area (Å²) in [5, 5.41) is 6.38. The van der Waals surface area contributed by atoms with E-state index < -0.39 is 5.82 Å². The smallest absolute Gasteiger partial charge is 0.252 e. The first-order valence-corrected chi connectivity index (χ1v) is 14.0. The van der Waals surface area contributed by atoms with Crippen molar-refractivity contribution in [2.24, 2.45) is 0 Å². The molecule has 0 bridgehead atoms. The molecule has 0 unspecified atom stereocenters. The molecule has 1 spiro atoms. The molecule has 8 nitrogen and oxygen atoms in total. The third kappa shape index (κ3) is 4.58. The van der Waals surface area contributed by atoms with Gasteiger partial charge < -0.3 is 20.3 Å². The minimum atomic E-state index is -0.536. The number of nitrogens with zero attached hydrogens (tertiary/aromatic N) is 4. The summed E-state index contributed by atoms with van der Waals surface area (Å²) < 4.78 is 21.2. The number of amides is 1. The fourth-order valence-electron chi connectivity index (χ4n) is 5.70. The molecule has 0 radical (unpaired) electrons. The zero-order valence-corrected chi connectivity index (χ0v) is 22.3. The number of carbonyl (C=O) groups excluding carboxylic acids is 1. The highest BCUT2D eigenvalue weighted by Crippen LogP contribution is 2.50. The Morgan fingerprint density at radius 3 is 2.62 bits per heavy atom. The number of nitrogens with one attached hydrogen (secondary N) is 2. The Hall–Kier alpha value is -3.72. The highest BCUT2D eigenvalue weighted by Gasteiger charge is 2.52. The molecule has 1 amide bonds. The van der Waals surface area contributed by atoms with Gasteiger partial charge in [0, 0.05) is 49.0 Å². The Balaban J connectivity index is 1.17. The van der Waals surface area contributed by atoms with Gasteiger partial charge in [0.15, 0.2) is 5.82 Å². The molecule has 3 heterocycles. The van der Waals surface area contributed by atoms with Crippen LogP contribution in [-0.4, -0.2) is 59.1 Å². The highest BCUT2D eigenvalue weighted by atomic mass is 19.1. The topological polar surface area (TPSA) is 82.6 Å². The fourth-order valence-corrected chi connectivity index (χ4v) is 5.70. The molecule has 1 saturated heterocycles. The number of piperazine rings is 1. The van der Waals surface area contributed by atoms with Crippen molar-refractivity contribution in [3.8, 4) is 17.0 Å². The van der Waals surface area contributed by atoms with Crippen LogP contribution in [0.15, 0.2) is 42.6 Å². The summed E-state index contributed by atoms with van der Waals surface area (Å²) in [7, 11) is 0. The van der Waals surface area contributed by atoms with Gasteiger partial charge in [0.05, 0.1) is 23.5 Å². The van der Waals surface area contributed by atoms with Crippen LogP contribution in [0, 0.1) is 5.82 Å². The molecule has 1 aromatic heterocycles. The van der Waals surface area contributed by atoms with Gasteiger partial charge in [-0.3, -0.25) is 9.69 Å². The second-order valence-corrected chi connectivity index (χ2v) is 11.4. The van der Waals surface area contributed by atoms with Gasteiger partial charge in [-0.25, -0.2) is 14.4 Å².